The molecule has 0 unspecified atom stereocenters. The van der Waals surface area contributed by atoms with Gasteiger partial charge in [-0.05, 0) is 44.0 Å². The summed E-state index contributed by atoms with van der Waals surface area (Å²) in [5.41, 5.74) is 7.48. The molecule has 1 aromatic heterocycles. The largest absolute Gasteiger partial charge is 0.469 e. The van der Waals surface area contributed by atoms with E-state index < -0.39 is 0 Å². The van der Waals surface area contributed by atoms with E-state index in [1.165, 1.54) is 6.26 Å². The summed E-state index contributed by atoms with van der Waals surface area (Å²) in [6.07, 6.45) is 2.98. The molecule has 0 radical (unpaired) electrons. The van der Waals surface area contributed by atoms with Gasteiger partial charge in [-0.3, -0.25) is 9.59 Å². The molecule has 3 N–H and O–H groups in total. The van der Waals surface area contributed by atoms with Gasteiger partial charge in [0.1, 0.15) is 5.76 Å². The smallest absolute Gasteiger partial charge is 0.255 e. The minimum Gasteiger partial charge on any atom is -0.469 e. The number of rotatable bonds is 3. The van der Waals surface area contributed by atoms with Crippen LogP contribution in [0.15, 0.2) is 41.0 Å². The van der Waals surface area contributed by atoms with Crippen molar-refractivity contribution < 1.29 is 14.0 Å². The Morgan fingerprint density at radius 1 is 1.25 bits per heavy atom. The van der Waals surface area contributed by atoms with Gasteiger partial charge in [-0.25, -0.2) is 0 Å². The van der Waals surface area contributed by atoms with Gasteiger partial charge in [-0.2, -0.15) is 0 Å². The van der Waals surface area contributed by atoms with E-state index in [0.717, 1.165) is 12.8 Å². The van der Waals surface area contributed by atoms with Crippen LogP contribution in [0.25, 0.3) is 0 Å². The summed E-state index contributed by atoms with van der Waals surface area (Å²) in [4.78, 5) is 26.5. The highest BCUT2D eigenvalue weighted by atomic mass is 16.3. The Kier molecular flexibility index (Phi) is 4.55. The molecule has 2 amide bonds. The first-order chi connectivity index (χ1) is 11.5. The second kappa shape index (κ2) is 6.78. The Bertz CT molecular complexity index is 745. The number of hydrogen-bond acceptors (Lipinski definition) is 4. The summed E-state index contributed by atoms with van der Waals surface area (Å²) in [7, 11) is 0. The van der Waals surface area contributed by atoms with Crippen molar-refractivity contribution in [3.05, 3.63) is 53.5 Å². The summed E-state index contributed by atoms with van der Waals surface area (Å²) in [6.45, 7) is 2.99. The number of benzene rings is 1. The van der Waals surface area contributed by atoms with Gasteiger partial charge in [0, 0.05) is 30.4 Å². The Hall–Kier alpha value is -2.76. The number of amides is 2. The molecule has 126 valence electrons. The second-order valence-corrected chi connectivity index (χ2v) is 6.06. The molecule has 1 aromatic carbocycles. The molecule has 24 heavy (non-hydrogen) atoms. The minimum atomic E-state index is -0.123. The zero-order valence-corrected chi connectivity index (χ0v) is 13.6. The van der Waals surface area contributed by atoms with Crippen LogP contribution in [0.2, 0.25) is 0 Å². The van der Waals surface area contributed by atoms with Crippen LogP contribution in [0.5, 0.6) is 0 Å². The first kappa shape index (κ1) is 16.1. The molecule has 0 spiro atoms. The van der Waals surface area contributed by atoms with Crippen molar-refractivity contribution >= 4 is 17.5 Å². The number of piperidine rings is 1. The molecule has 2 heterocycles. The highest BCUT2D eigenvalue weighted by Crippen LogP contribution is 2.17. The van der Waals surface area contributed by atoms with E-state index in [4.69, 9.17) is 10.2 Å². The first-order valence-corrected chi connectivity index (χ1v) is 8.04. The van der Waals surface area contributed by atoms with E-state index >= 15 is 0 Å². The van der Waals surface area contributed by atoms with Crippen molar-refractivity contribution in [1.29, 1.82) is 0 Å². The van der Waals surface area contributed by atoms with Crippen LogP contribution in [0.1, 0.15) is 39.3 Å². The lowest BCUT2D eigenvalue weighted by molar-refractivity contribution is 0.0698. The fraction of sp³-hybridized carbons (Fsp3) is 0.333. The number of likely N-dealkylation sites (tertiary alicyclic amines) is 1. The van der Waals surface area contributed by atoms with Crippen LogP contribution in [-0.4, -0.2) is 35.8 Å². The highest BCUT2D eigenvalue weighted by Gasteiger charge is 2.25. The molecule has 0 saturated carbocycles. The Labute approximate surface area is 140 Å². The lowest BCUT2D eigenvalue weighted by Crippen LogP contribution is -2.46. The molecule has 0 atom stereocenters. The summed E-state index contributed by atoms with van der Waals surface area (Å²) < 4.78 is 5.16. The van der Waals surface area contributed by atoms with E-state index in [-0.39, 0.29) is 17.9 Å². The number of carbonyl (C=O) groups is 2. The third kappa shape index (κ3) is 3.42. The molecule has 3 rings (SSSR count). The molecule has 2 aromatic rings. The number of aryl methyl sites for hydroxylation is 1. The SMILES string of the molecule is Cc1occc1C(=O)NC1CCN(C(=O)c2cccc(N)c2)CC1. The molecule has 1 saturated heterocycles. The van der Waals surface area contributed by atoms with E-state index in [1.54, 1.807) is 42.2 Å². The van der Waals surface area contributed by atoms with Gasteiger partial charge in [0.15, 0.2) is 0 Å². The number of hydrogen-bond donors (Lipinski definition) is 2. The molecule has 1 aliphatic heterocycles. The Morgan fingerprint density at radius 3 is 2.62 bits per heavy atom. The Balaban J connectivity index is 1.55. The monoisotopic (exact) mass is 327 g/mol. The fourth-order valence-electron chi connectivity index (χ4n) is 2.96. The van der Waals surface area contributed by atoms with Crippen LogP contribution in [-0.2, 0) is 0 Å². The van der Waals surface area contributed by atoms with Gasteiger partial charge >= 0.3 is 0 Å². The zero-order chi connectivity index (χ0) is 17.1. The van der Waals surface area contributed by atoms with Gasteiger partial charge in [0.2, 0.25) is 0 Å². The average molecular weight is 327 g/mol. The van der Waals surface area contributed by atoms with Gasteiger partial charge in [0.25, 0.3) is 11.8 Å². The highest BCUT2D eigenvalue weighted by molar-refractivity contribution is 5.96. The van der Waals surface area contributed by atoms with Crippen molar-refractivity contribution in [1.82, 2.24) is 10.2 Å². The van der Waals surface area contributed by atoms with Crippen molar-refractivity contribution in [3.63, 3.8) is 0 Å². The predicted molar refractivity (Wildman–Crippen MR) is 90.7 cm³/mol. The number of nitrogen functional groups attached to an aromatic ring is 1. The van der Waals surface area contributed by atoms with Crippen LogP contribution in [0, 0.1) is 6.92 Å². The van der Waals surface area contributed by atoms with Gasteiger partial charge in [-0.1, -0.05) is 6.07 Å². The molecule has 6 nitrogen and oxygen atoms in total. The quantitative estimate of drug-likeness (QED) is 0.846. The minimum absolute atomic E-state index is 0.0160. The topological polar surface area (TPSA) is 88.6 Å². The number of nitrogens with two attached hydrogens (primary N) is 1. The number of nitrogens with zero attached hydrogens (tertiary/aromatic N) is 1. The van der Waals surface area contributed by atoms with Crippen molar-refractivity contribution in [2.45, 2.75) is 25.8 Å². The molecular weight excluding hydrogens is 306 g/mol. The van der Waals surface area contributed by atoms with Crippen molar-refractivity contribution in [2.75, 3.05) is 18.8 Å². The maximum absolute atomic E-state index is 12.5. The summed E-state index contributed by atoms with van der Waals surface area (Å²) in [6, 6.07) is 8.74. The van der Waals surface area contributed by atoms with Gasteiger partial charge in [-0.15, -0.1) is 0 Å². The van der Waals surface area contributed by atoms with Gasteiger partial charge in [0.05, 0.1) is 11.8 Å². The number of nitrogens with one attached hydrogen (secondary N) is 1. The molecule has 6 heteroatoms. The molecule has 1 aliphatic rings. The lowest BCUT2D eigenvalue weighted by Gasteiger charge is -2.32. The number of furan rings is 1. The van der Waals surface area contributed by atoms with E-state index in [1.807, 2.05) is 0 Å². The van der Waals surface area contributed by atoms with Crippen LogP contribution in [0.3, 0.4) is 0 Å². The van der Waals surface area contributed by atoms with E-state index in [0.29, 0.717) is 35.7 Å². The Morgan fingerprint density at radius 2 is 2.00 bits per heavy atom. The predicted octanol–water partition coefficient (Wildman–Crippen LogP) is 2.20. The third-order valence-corrected chi connectivity index (χ3v) is 4.35. The zero-order valence-electron chi connectivity index (χ0n) is 13.6. The maximum atomic E-state index is 12.5. The summed E-state index contributed by atoms with van der Waals surface area (Å²) in [5.74, 6) is 0.474. The summed E-state index contributed by atoms with van der Waals surface area (Å²) in [5, 5.41) is 3.01. The van der Waals surface area contributed by atoms with Crippen molar-refractivity contribution in [2.24, 2.45) is 0 Å². The summed E-state index contributed by atoms with van der Waals surface area (Å²) >= 11 is 0. The van der Waals surface area contributed by atoms with Crippen LogP contribution >= 0.6 is 0 Å². The lowest BCUT2D eigenvalue weighted by atomic mass is 10.0. The molecule has 1 fully saturated rings. The first-order valence-electron chi connectivity index (χ1n) is 8.04. The maximum Gasteiger partial charge on any atom is 0.255 e. The van der Waals surface area contributed by atoms with Crippen LogP contribution < -0.4 is 11.1 Å². The molecule has 0 bridgehead atoms. The van der Waals surface area contributed by atoms with Crippen LogP contribution in [0.4, 0.5) is 5.69 Å². The number of anilines is 1. The van der Waals surface area contributed by atoms with E-state index in [2.05, 4.69) is 5.32 Å². The van der Waals surface area contributed by atoms with E-state index in [9.17, 15) is 9.59 Å². The fourth-order valence-corrected chi connectivity index (χ4v) is 2.96. The molecule has 0 aliphatic carbocycles. The van der Waals surface area contributed by atoms with Gasteiger partial charge < -0.3 is 20.4 Å². The average Bonchev–Trinajstić information content (AvgIpc) is 3.01. The normalized spacial score (nSPS) is 15.3. The van der Waals surface area contributed by atoms with Crippen molar-refractivity contribution in [3.8, 4) is 0 Å². The third-order valence-electron chi connectivity index (χ3n) is 4.35. The standard InChI is InChI=1S/C18H21N3O3/c1-12-16(7-10-24-12)17(22)20-15-5-8-21(9-6-15)18(23)13-3-2-4-14(19)11-13/h2-4,7,10-11,15H,5-6,8-9,19H2,1H3,(H,20,22). The number of carbonyl (C=O) groups excluding carboxylic acids is 2. The molecular formula is C18H21N3O3. The second-order valence-electron chi connectivity index (χ2n) is 6.06.